The smallest absolute Gasteiger partial charge is 0.0990 e. The van der Waals surface area contributed by atoms with Gasteiger partial charge < -0.3 is 9.80 Å². The van der Waals surface area contributed by atoms with E-state index in [1.54, 1.807) is 0 Å². The van der Waals surface area contributed by atoms with Crippen LogP contribution in [0.15, 0.2) is 30.3 Å². The predicted octanol–water partition coefficient (Wildman–Crippen LogP) is 2.98. The fraction of sp³-hybridized carbons (Fsp3) is 0.562. The summed E-state index contributed by atoms with van der Waals surface area (Å²) in [6, 6.07) is 10.6. The molecule has 0 amide bonds. The normalized spacial score (nSPS) is 20.8. The van der Waals surface area contributed by atoms with E-state index in [9.17, 15) is 0 Å². The van der Waals surface area contributed by atoms with Gasteiger partial charge >= 0.3 is 0 Å². The van der Waals surface area contributed by atoms with Gasteiger partial charge in [-0.2, -0.15) is 0 Å². The van der Waals surface area contributed by atoms with Gasteiger partial charge in [0, 0.05) is 37.8 Å². The zero-order valence-corrected chi connectivity index (χ0v) is 11.5. The van der Waals surface area contributed by atoms with Crippen LogP contribution in [0.3, 0.4) is 0 Å². The van der Waals surface area contributed by atoms with Crippen molar-refractivity contribution in [1.29, 1.82) is 5.41 Å². The van der Waals surface area contributed by atoms with Gasteiger partial charge in [-0.3, -0.25) is 5.41 Å². The number of amidine groups is 1. The molecule has 0 aromatic heterocycles. The summed E-state index contributed by atoms with van der Waals surface area (Å²) >= 11 is 0. The molecule has 0 bridgehead atoms. The second-order valence-electron chi connectivity index (χ2n) is 5.68. The lowest BCUT2D eigenvalue weighted by Gasteiger charge is -2.38. The quantitative estimate of drug-likeness (QED) is 0.652. The number of piperazine rings is 1. The first-order valence-electron chi connectivity index (χ1n) is 7.48. The van der Waals surface area contributed by atoms with E-state index in [4.69, 9.17) is 5.41 Å². The van der Waals surface area contributed by atoms with Gasteiger partial charge in [0.1, 0.15) is 0 Å². The van der Waals surface area contributed by atoms with Crippen LogP contribution in [-0.2, 0) is 0 Å². The number of nitrogens with one attached hydrogen (secondary N) is 1. The molecular weight excluding hydrogens is 234 g/mol. The van der Waals surface area contributed by atoms with Crippen LogP contribution in [0.5, 0.6) is 0 Å². The molecule has 19 heavy (non-hydrogen) atoms. The van der Waals surface area contributed by atoms with E-state index < -0.39 is 0 Å². The summed E-state index contributed by atoms with van der Waals surface area (Å²) in [6.45, 7) is 4.09. The van der Waals surface area contributed by atoms with Gasteiger partial charge in [-0.25, -0.2) is 0 Å². The number of rotatable bonds is 2. The Balaban J connectivity index is 1.56. The van der Waals surface area contributed by atoms with Gasteiger partial charge in [-0.05, 0) is 25.0 Å². The second kappa shape index (κ2) is 5.64. The Morgan fingerprint density at radius 1 is 0.947 bits per heavy atom. The van der Waals surface area contributed by atoms with E-state index in [-0.39, 0.29) is 0 Å². The molecule has 1 saturated carbocycles. The summed E-state index contributed by atoms with van der Waals surface area (Å²) in [5, 5.41) is 8.36. The fourth-order valence-electron chi connectivity index (χ4n) is 3.30. The SMILES string of the molecule is N=C(C1CCCC1)N1CCN(c2ccccc2)CC1. The van der Waals surface area contributed by atoms with E-state index in [1.165, 1.54) is 31.4 Å². The monoisotopic (exact) mass is 257 g/mol. The minimum absolute atomic E-state index is 0.545. The van der Waals surface area contributed by atoms with Crippen LogP contribution in [0.2, 0.25) is 0 Å². The standard InChI is InChI=1S/C16H23N3/c17-16(14-6-4-5-7-14)19-12-10-18(11-13-19)15-8-2-1-3-9-15/h1-3,8-9,14,17H,4-7,10-13H2. The van der Waals surface area contributed by atoms with E-state index >= 15 is 0 Å². The summed E-state index contributed by atoms with van der Waals surface area (Å²) in [4.78, 5) is 4.73. The lowest BCUT2D eigenvalue weighted by atomic mass is 10.1. The third-order valence-corrected chi connectivity index (χ3v) is 4.48. The van der Waals surface area contributed by atoms with Crippen molar-refractivity contribution in [2.75, 3.05) is 31.1 Å². The summed E-state index contributed by atoms with van der Waals surface area (Å²) < 4.78 is 0. The fourth-order valence-corrected chi connectivity index (χ4v) is 3.30. The zero-order valence-electron chi connectivity index (χ0n) is 11.5. The molecular formula is C16H23N3. The number of para-hydroxylation sites is 1. The van der Waals surface area contributed by atoms with Crippen LogP contribution >= 0.6 is 0 Å². The van der Waals surface area contributed by atoms with Crippen molar-refractivity contribution < 1.29 is 0 Å². The average Bonchev–Trinajstić information content (AvgIpc) is 3.02. The molecule has 0 atom stereocenters. The maximum Gasteiger partial charge on any atom is 0.0990 e. The highest BCUT2D eigenvalue weighted by atomic mass is 15.3. The van der Waals surface area contributed by atoms with Gasteiger partial charge in [0.2, 0.25) is 0 Å². The average molecular weight is 257 g/mol. The molecule has 2 fully saturated rings. The van der Waals surface area contributed by atoms with Crippen molar-refractivity contribution in [3.63, 3.8) is 0 Å². The molecule has 0 radical (unpaired) electrons. The summed E-state index contributed by atoms with van der Waals surface area (Å²) in [7, 11) is 0. The Kier molecular flexibility index (Phi) is 3.72. The molecule has 0 spiro atoms. The predicted molar refractivity (Wildman–Crippen MR) is 79.9 cm³/mol. The zero-order chi connectivity index (χ0) is 13.1. The Hall–Kier alpha value is -1.51. The number of benzene rings is 1. The van der Waals surface area contributed by atoms with E-state index in [0.29, 0.717) is 5.92 Å². The second-order valence-corrected chi connectivity index (χ2v) is 5.68. The lowest BCUT2D eigenvalue weighted by Crippen LogP contribution is -2.50. The first-order valence-corrected chi connectivity index (χ1v) is 7.48. The molecule has 3 heteroatoms. The van der Waals surface area contributed by atoms with Crippen molar-refractivity contribution >= 4 is 11.5 Å². The maximum absolute atomic E-state index is 8.36. The molecule has 1 aromatic rings. The molecule has 102 valence electrons. The van der Waals surface area contributed by atoms with Crippen LogP contribution in [0.4, 0.5) is 5.69 Å². The van der Waals surface area contributed by atoms with Crippen LogP contribution in [-0.4, -0.2) is 36.9 Å². The highest BCUT2D eigenvalue weighted by Crippen LogP contribution is 2.27. The molecule has 2 aliphatic rings. The number of nitrogens with zero attached hydrogens (tertiary/aromatic N) is 2. The van der Waals surface area contributed by atoms with Gasteiger partial charge in [0.25, 0.3) is 0 Å². The lowest BCUT2D eigenvalue weighted by molar-refractivity contribution is 0.362. The third kappa shape index (κ3) is 2.75. The minimum atomic E-state index is 0.545. The summed E-state index contributed by atoms with van der Waals surface area (Å²) in [5.41, 5.74) is 1.31. The highest BCUT2D eigenvalue weighted by molar-refractivity contribution is 5.82. The Labute approximate surface area is 115 Å². The van der Waals surface area contributed by atoms with Gasteiger partial charge in [-0.1, -0.05) is 31.0 Å². The summed E-state index contributed by atoms with van der Waals surface area (Å²) in [5.74, 6) is 1.45. The number of hydrogen-bond acceptors (Lipinski definition) is 2. The minimum Gasteiger partial charge on any atom is -0.368 e. The molecule has 3 nitrogen and oxygen atoms in total. The highest BCUT2D eigenvalue weighted by Gasteiger charge is 2.26. The van der Waals surface area contributed by atoms with Crippen LogP contribution in [0.1, 0.15) is 25.7 Å². The Bertz CT molecular complexity index is 415. The molecule has 1 heterocycles. The largest absolute Gasteiger partial charge is 0.368 e. The first kappa shape index (κ1) is 12.5. The molecule has 3 rings (SSSR count). The van der Waals surface area contributed by atoms with Crippen molar-refractivity contribution in [2.45, 2.75) is 25.7 Å². The van der Waals surface area contributed by atoms with Crippen LogP contribution in [0.25, 0.3) is 0 Å². The number of anilines is 1. The molecule has 1 aliphatic carbocycles. The van der Waals surface area contributed by atoms with Crippen molar-refractivity contribution in [3.8, 4) is 0 Å². The molecule has 1 N–H and O–H groups in total. The Morgan fingerprint density at radius 3 is 2.21 bits per heavy atom. The molecule has 1 aromatic carbocycles. The van der Waals surface area contributed by atoms with Crippen molar-refractivity contribution in [3.05, 3.63) is 30.3 Å². The van der Waals surface area contributed by atoms with Gasteiger partial charge in [-0.15, -0.1) is 0 Å². The van der Waals surface area contributed by atoms with E-state index in [1.807, 2.05) is 0 Å². The number of hydrogen-bond donors (Lipinski definition) is 1. The topological polar surface area (TPSA) is 30.3 Å². The molecule has 1 saturated heterocycles. The summed E-state index contributed by atoms with van der Waals surface area (Å²) in [6.07, 6.45) is 5.10. The first-order chi connectivity index (χ1) is 9.34. The van der Waals surface area contributed by atoms with Crippen molar-refractivity contribution in [1.82, 2.24) is 4.90 Å². The van der Waals surface area contributed by atoms with Crippen LogP contribution in [0, 0.1) is 11.3 Å². The molecule has 1 aliphatic heterocycles. The molecule has 0 unspecified atom stereocenters. The van der Waals surface area contributed by atoms with Crippen LogP contribution < -0.4 is 4.90 Å². The Morgan fingerprint density at radius 2 is 1.58 bits per heavy atom. The maximum atomic E-state index is 8.36. The van der Waals surface area contributed by atoms with E-state index in [0.717, 1.165) is 32.0 Å². The van der Waals surface area contributed by atoms with E-state index in [2.05, 4.69) is 40.1 Å². The van der Waals surface area contributed by atoms with Crippen molar-refractivity contribution in [2.24, 2.45) is 5.92 Å². The van der Waals surface area contributed by atoms with Gasteiger partial charge in [0.05, 0.1) is 5.84 Å². The third-order valence-electron chi connectivity index (χ3n) is 4.48. The van der Waals surface area contributed by atoms with Gasteiger partial charge in [0.15, 0.2) is 0 Å².